The molecule has 1 fully saturated rings. The van der Waals surface area contributed by atoms with E-state index in [1.807, 2.05) is 30.3 Å². The lowest BCUT2D eigenvalue weighted by molar-refractivity contribution is -0.139. The predicted molar refractivity (Wildman–Crippen MR) is 103 cm³/mol. The molecule has 1 aliphatic rings. The molecule has 0 bridgehead atoms. The van der Waals surface area contributed by atoms with Gasteiger partial charge in [-0.1, -0.05) is 24.3 Å². The lowest BCUT2D eigenvalue weighted by Gasteiger charge is -2.36. The fourth-order valence-corrected chi connectivity index (χ4v) is 3.29. The minimum atomic E-state index is -1.09. The number of carbonyl (C=O) groups excluding carboxylic acids is 2. The molecular formula is C21H22N2O5. The van der Waals surface area contributed by atoms with Gasteiger partial charge >= 0.3 is 5.97 Å². The third-order valence-electron chi connectivity index (χ3n) is 4.71. The Kier molecular flexibility index (Phi) is 5.93. The highest BCUT2D eigenvalue weighted by Gasteiger charge is 2.34. The first-order chi connectivity index (χ1) is 13.5. The van der Waals surface area contributed by atoms with Crippen LogP contribution in [-0.4, -0.2) is 54.0 Å². The Morgan fingerprint density at radius 1 is 1.18 bits per heavy atom. The van der Waals surface area contributed by atoms with Gasteiger partial charge in [-0.05, 0) is 43.2 Å². The van der Waals surface area contributed by atoms with E-state index in [0.29, 0.717) is 24.3 Å². The summed E-state index contributed by atoms with van der Waals surface area (Å²) >= 11 is 0. The second-order valence-electron chi connectivity index (χ2n) is 6.61. The number of rotatable bonds is 6. The van der Waals surface area contributed by atoms with Crippen molar-refractivity contribution in [2.45, 2.75) is 18.9 Å². The van der Waals surface area contributed by atoms with Crippen molar-refractivity contribution in [3.8, 4) is 5.75 Å². The SMILES string of the molecule is CN(C(=O)c1cccc(OCC(=O)O)c1)C1CCCN(c2ccccc2)C1=O. The van der Waals surface area contributed by atoms with E-state index in [0.717, 1.165) is 12.1 Å². The smallest absolute Gasteiger partial charge is 0.341 e. The van der Waals surface area contributed by atoms with Crippen molar-refractivity contribution in [2.24, 2.45) is 0 Å². The van der Waals surface area contributed by atoms with Crippen molar-refractivity contribution in [1.29, 1.82) is 0 Å². The zero-order chi connectivity index (χ0) is 20.1. The van der Waals surface area contributed by atoms with Crippen molar-refractivity contribution < 1.29 is 24.2 Å². The number of amides is 2. The summed E-state index contributed by atoms with van der Waals surface area (Å²) in [5.41, 5.74) is 1.16. The number of nitrogens with zero attached hydrogens (tertiary/aromatic N) is 2. The van der Waals surface area contributed by atoms with Gasteiger partial charge in [0.25, 0.3) is 5.91 Å². The average Bonchev–Trinajstić information content (AvgIpc) is 2.72. The Morgan fingerprint density at radius 3 is 2.64 bits per heavy atom. The van der Waals surface area contributed by atoms with Crippen LogP contribution in [0.3, 0.4) is 0 Å². The summed E-state index contributed by atoms with van der Waals surface area (Å²) in [6.45, 7) is 0.139. The maximum Gasteiger partial charge on any atom is 0.341 e. The molecule has 3 rings (SSSR count). The number of anilines is 1. The van der Waals surface area contributed by atoms with E-state index in [1.54, 1.807) is 30.1 Å². The summed E-state index contributed by atoms with van der Waals surface area (Å²) in [6.07, 6.45) is 1.39. The van der Waals surface area contributed by atoms with Crippen LogP contribution in [0.2, 0.25) is 0 Å². The number of benzene rings is 2. The van der Waals surface area contributed by atoms with Crippen LogP contribution in [0.25, 0.3) is 0 Å². The van der Waals surface area contributed by atoms with Gasteiger partial charge in [0, 0.05) is 24.8 Å². The van der Waals surface area contributed by atoms with Crippen LogP contribution < -0.4 is 9.64 Å². The molecule has 2 amide bonds. The minimum absolute atomic E-state index is 0.105. The first-order valence-corrected chi connectivity index (χ1v) is 9.05. The highest BCUT2D eigenvalue weighted by molar-refractivity contribution is 6.02. The first kappa shape index (κ1) is 19.4. The van der Waals surface area contributed by atoms with Crippen LogP contribution in [-0.2, 0) is 9.59 Å². The fourth-order valence-electron chi connectivity index (χ4n) is 3.29. The molecular weight excluding hydrogens is 360 g/mol. The molecule has 2 aromatic carbocycles. The molecule has 1 heterocycles. The van der Waals surface area contributed by atoms with Crippen LogP contribution in [0.1, 0.15) is 23.2 Å². The van der Waals surface area contributed by atoms with Crippen LogP contribution >= 0.6 is 0 Å². The standard InChI is InChI=1S/C21H22N2O5/c1-22(20(26)15-7-5-10-17(13-15)28-14-19(24)25)18-11-6-12-23(21(18)27)16-8-3-2-4-9-16/h2-5,7-10,13,18H,6,11-12,14H2,1H3,(H,24,25). The van der Waals surface area contributed by atoms with Crippen molar-refractivity contribution in [1.82, 2.24) is 4.90 Å². The van der Waals surface area contributed by atoms with E-state index in [2.05, 4.69) is 0 Å². The van der Waals surface area contributed by atoms with Gasteiger partial charge in [-0.2, -0.15) is 0 Å². The maximum atomic E-state index is 13.0. The first-order valence-electron chi connectivity index (χ1n) is 9.05. The number of aliphatic carboxylic acids is 1. The molecule has 0 aromatic heterocycles. The fraction of sp³-hybridized carbons (Fsp3) is 0.286. The molecule has 1 N–H and O–H groups in total. The van der Waals surface area contributed by atoms with Gasteiger partial charge in [0.1, 0.15) is 11.8 Å². The molecule has 1 unspecified atom stereocenters. The lowest BCUT2D eigenvalue weighted by atomic mass is 10.0. The molecule has 28 heavy (non-hydrogen) atoms. The van der Waals surface area contributed by atoms with Gasteiger partial charge in [0.2, 0.25) is 5.91 Å². The number of hydrogen-bond acceptors (Lipinski definition) is 4. The monoisotopic (exact) mass is 382 g/mol. The van der Waals surface area contributed by atoms with Crippen molar-refractivity contribution in [3.63, 3.8) is 0 Å². The highest BCUT2D eigenvalue weighted by atomic mass is 16.5. The van der Waals surface area contributed by atoms with Gasteiger partial charge in [0.15, 0.2) is 6.61 Å². The Labute approximate surface area is 163 Å². The zero-order valence-electron chi connectivity index (χ0n) is 15.6. The summed E-state index contributed by atoms with van der Waals surface area (Å²) in [4.78, 5) is 39.7. The third-order valence-corrected chi connectivity index (χ3v) is 4.71. The van der Waals surface area contributed by atoms with Crippen LogP contribution in [0.5, 0.6) is 5.75 Å². The number of carbonyl (C=O) groups is 3. The molecule has 2 aromatic rings. The van der Waals surface area contributed by atoms with Crippen molar-refractivity contribution in [2.75, 3.05) is 25.1 Å². The third kappa shape index (κ3) is 4.31. The van der Waals surface area contributed by atoms with E-state index in [-0.39, 0.29) is 11.8 Å². The van der Waals surface area contributed by atoms with E-state index in [1.165, 1.54) is 11.0 Å². The van der Waals surface area contributed by atoms with Crippen LogP contribution in [0.4, 0.5) is 5.69 Å². The molecule has 0 aliphatic carbocycles. The molecule has 1 aliphatic heterocycles. The number of carboxylic acid groups (broad SMARTS) is 1. The Bertz CT molecular complexity index is 868. The average molecular weight is 382 g/mol. The second-order valence-corrected chi connectivity index (χ2v) is 6.61. The van der Waals surface area contributed by atoms with Gasteiger partial charge in [0.05, 0.1) is 0 Å². The Hall–Kier alpha value is -3.35. The summed E-state index contributed by atoms with van der Waals surface area (Å²) in [6, 6.07) is 15.2. The minimum Gasteiger partial charge on any atom is -0.482 e. The predicted octanol–water partition coefficient (Wildman–Crippen LogP) is 2.42. The van der Waals surface area contributed by atoms with E-state index in [4.69, 9.17) is 9.84 Å². The highest BCUT2D eigenvalue weighted by Crippen LogP contribution is 2.24. The number of hydrogen-bond donors (Lipinski definition) is 1. The van der Waals surface area contributed by atoms with E-state index < -0.39 is 18.6 Å². The van der Waals surface area contributed by atoms with Crippen LogP contribution in [0, 0.1) is 0 Å². The molecule has 0 saturated carbocycles. The second kappa shape index (κ2) is 8.56. The zero-order valence-corrected chi connectivity index (χ0v) is 15.6. The molecule has 7 heteroatoms. The molecule has 146 valence electrons. The summed E-state index contributed by atoms with van der Waals surface area (Å²) in [5, 5.41) is 8.72. The van der Waals surface area contributed by atoms with Gasteiger partial charge in [-0.15, -0.1) is 0 Å². The van der Waals surface area contributed by atoms with Crippen LogP contribution in [0.15, 0.2) is 54.6 Å². The summed E-state index contributed by atoms with van der Waals surface area (Å²) in [7, 11) is 1.62. The lowest BCUT2D eigenvalue weighted by Crippen LogP contribution is -2.53. The molecule has 1 atom stereocenters. The number of likely N-dealkylation sites (N-methyl/N-ethyl adjacent to an activating group) is 1. The largest absolute Gasteiger partial charge is 0.482 e. The normalized spacial score (nSPS) is 16.5. The van der Waals surface area contributed by atoms with E-state index in [9.17, 15) is 14.4 Å². The van der Waals surface area contributed by atoms with Crippen molar-refractivity contribution >= 4 is 23.5 Å². The van der Waals surface area contributed by atoms with Gasteiger partial charge < -0.3 is 19.6 Å². The number of ether oxygens (including phenoxy) is 1. The van der Waals surface area contributed by atoms with Crippen molar-refractivity contribution in [3.05, 3.63) is 60.2 Å². The molecule has 0 spiro atoms. The summed E-state index contributed by atoms with van der Waals surface area (Å²) in [5.74, 6) is -1.22. The number of piperidine rings is 1. The molecule has 1 saturated heterocycles. The van der Waals surface area contributed by atoms with Gasteiger partial charge in [-0.3, -0.25) is 9.59 Å². The molecule has 7 nitrogen and oxygen atoms in total. The quantitative estimate of drug-likeness (QED) is 0.829. The number of para-hydroxylation sites is 1. The van der Waals surface area contributed by atoms with Gasteiger partial charge in [-0.25, -0.2) is 4.79 Å². The Balaban J connectivity index is 1.74. The molecule has 0 radical (unpaired) electrons. The summed E-state index contributed by atoms with van der Waals surface area (Å²) < 4.78 is 5.13. The number of carboxylic acids is 1. The maximum absolute atomic E-state index is 13.0. The van der Waals surface area contributed by atoms with E-state index >= 15 is 0 Å². The topological polar surface area (TPSA) is 87.2 Å². The Morgan fingerprint density at radius 2 is 1.93 bits per heavy atom.